The molecule has 1 aromatic heterocycles. The van der Waals surface area contributed by atoms with Crippen LogP contribution in [0.25, 0.3) is 0 Å². The maximum atomic E-state index is 12.3. The molecular weight excluding hydrogens is 338 g/mol. The molecule has 3 rings (SSSR count). The van der Waals surface area contributed by atoms with Crippen molar-refractivity contribution in [3.63, 3.8) is 0 Å². The van der Waals surface area contributed by atoms with Gasteiger partial charge in [0.25, 0.3) is 0 Å². The minimum Gasteiger partial charge on any atom is -0.508 e. The number of nitriles is 1. The third-order valence-corrected chi connectivity index (χ3v) is 4.12. The Bertz CT molecular complexity index is 885. The molecule has 1 unspecified atom stereocenters. The number of hydrogen-bond donors (Lipinski definition) is 1. The molecule has 1 N–H and O–H groups in total. The lowest BCUT2D eigenvalue weighted by Gasteiger charge is -2.29. The van der Waals surface area contributed by atoms with Crippen LogP contribution in [-0.4, -0.2) is 16.5 Å². The number of phenols is 1. The van der Waals surface area contributed by atoms with E-state index in [1.165, 1.54) is 18.3 Å². The second kappa shape index (κ2) is 6.73. The normalized spacial score (nSPS) is 12.8. The maximum absolute atomic E-state index is 12.3. The zero-order chi connectivity index (χ0) is 17.9. The Morgan fingerprint density at radius 3 is 2.08 bits per heavy atom. The van der Waals surface area contributed by atoms with Gasteiger partial charge < -0.3 is 5.11 Å². The molecule has 6 heteroatoms. The minimum absolute atomic E-state index is 0.0941. The first-order chi connectivity index (χ1) is 12.1. The summed E-state index contributed by atoms with van der Waals surface area (Å²) in [4.78, 5) is 16.6. The fraction of sp³-hybridized carbons (Fsp3) is 0. The second-order valence-electron chi connectivity index (χ2n) is 5.34. The van der Waals surface area contributed by atoms with Crippen LogP contribution in [0.15, 0.2) is 66.9 Å². The Labute approximate surface area is 149 Å². The Morgan fingerprint density at radius 2 is 1.60 bits per heavy atom. The first-order valence-electron chi connectivity index (χ1n) is 7.37. The highest BCUT2D eigenvalue weighted by atomic mass is 35.5. The summed E-state index contributed by atoms with van der Waals surface area (Å²) in [6.45, 7) is 0. The van der Waals surface area contributed by atoms with Gasteiger partial charge >= 0.3 is 6.41 Å². The van der Waals surface area contributed by atoms with Crippen LogP contribution in [-0.2, 0) is 4.79 Å². The van der Waals surface area contributed by atoms with Crippen LogP contribution in [0, 0.1) is 11.3 Å². The summed E-state index contributed by atoms with van der Waals surface area (Å²) in [5.74, 6) is 0.534. The smallest absolute Gasteiger partial charge is 0.318 e. The molecule has 1 atom stereocenters. The van der Waals surface area contributed by atoms with Gasteiger partial charge in [-0.25, -0.2) is 9.78 Å². The Hall–Kier alpha value is -3.20. The molecule has 0 aliphatic rings. The van der Waals surface area contributed by atoms with E-state index in [1.54, 1.807) is 48.5 Å². The van der Waals surface area contributed by atoms with Gasteiger partial charge in [-0.2, -0.15) is 9.74 Å². The van der Waals surface area contributed by atoms with Crippen LogP contribution in [0.1, 0.15) is 5.56 Å². The van der Waals surface area contributed by atoms with Crippen molar-refractivity contribution in [2.75, 3.05) is 0 Å². The highest BCUT2D eigenvalue weighted by Gasteiger charge is 2.38. The SMILES string of the molecule is N#Cc1ccc([N+](C=O)(c2ccc(O)cc2)c2ccc(Cl)cn2)cc1. The van der Waals surface area contributed by atoms with Crippen molar-refractivity contribution < 1.29 is 9.90 Å². The zero-order valence-electron chi connectivity index (χ0n) is 13.0. The number of phenolic OH excluding ortho intramolecular Hbond substituents is 1. The molecule has 25 heavy (non-hydrogen) atoms. The lowest BCUT2D eigenvalue weighted by Crippen LogP contribution is -2.38. The van der Waals surface area contributed by atoms with Crippen molar-refractivity contribution in [2.24, 2.45) is 0 Å². The summed E-state index contributed by atoms with van der Waals surface area (Å²) in [5, 5.41) is 19.0. The highest BCUT2D eigenvalue weighted by Crippen LogP contribution is 2.41. The van der Waals surface area contributed by atoms with Crippen LogP contribution in [0.5, 0.6) is 5.75 Å². The van der Waals surface area contributed by atoms with E-state index < -0.39 is 0 Å². The third kappa shape index (κ3) is 2.96. The van der Waals surface area contributed by atoms with Crippen molar-refractivity contribution in [1.82, 2.24) is 9.47 Å². The lowest BCUT2D eigenvalue weighted by molar-refractivity contribution is -0.113. The van der Waals surface area contributed by atoms with E-state index in [-0.39, 0.29) is 10.2 Å². The molecule has 0 aliphatic heterocycles. The first-order valence-corrected chi connectivity index (χ1v) is 7.75. The molecule has 5 nitrogen and oxygen atoms in total. The van der Waals surface area contributed by atoms with Crippen molar-refractivity contribution in [3.8, 4) is 11.8 Å². The fourth-order valence-electron chi connectivity index (χ4n) is 2.62. The van der Waals surface area contributed by atoms with E-state index in [2.05, 4.69) is 11.1 Å². The molecule has 0 saturated heterocycles. The molecule has 0 spiro atoms. The van der Waals surface area contributed by atoms with Gasteiger partial charge in [0, 0.05) is 30.3 Å². The van der Waals surface area contributed by atoms with Crippen molar-refractivity contribution >= 4 is 35.2 Å². The van der Waals surface area contributed by atoms with Gasteiger partial charge in [-0.05, 0) is 30.3 Å². The summed E-state index contributed by atoms with van der Waals surface area (Å²) in [6, 6.07) is 18.4. The number of benzene rings is 2. The van der Waals surface area contributed by atoms with Gasteiger partial charge in [0.1, 0.15) is 5.75 Å². The summed E-state index contributed by atoms with van der Waals surface area (Å²) in [7, 11) is 0. The molecule has 0 radical (unpaired) electrons. The Balaban J connectivity index is 2.28. The van der Waals surface area contributed by atoms with Crippen LogP contribution >= 0.6 is 11.6 Å². The number of aromatic hydroxyl groups is 1. The molecular formula is C19H13ClN3O2+. The third-order valence-electron chi connectivity index (χ3n) is 3.89. The summed E-state index contributed by atoms with van der Waals surface area (Å²) in [6.07, 6.45) is 2.22. The van der Waals surface area contributed by atoms with Gasteiger partial charge in [-0.1, -0.05) is 11.6 Å². The lowest BCUT2D eigenvalue weighted by atomic mass is 10.1. The standard InChI is InChI=1S/C19H12ClN3O2/c20-15-3-10-19(22-12-15)23(13-24,17-6-8-18(25)9-7-17)16-4-1-14(11-21)2-5-16/h1-10,12-13H/p+1. The number of carbonyl (C=O) groups excluding carboxylic acids is 1. The van der Waals surface area contributed by atoms with E-state index in [0.29, 0.717) is 27.8 Å². The number of pyridine rings is 1. The molecule has 2 aromatic carbocycles. The number of quaternary nitrogens is 1. The van der Waals surface area contributed by atoms with Gasteiger partial charge in [-0.3, -0.25) is 0 Å². The molecule has 1 heterocycles. The maximum Gasteiger partial charge on any atom is 0.318 e. The largest absolute Gasteiger partial charge is 0.508 e. The Kier molecular flexibility index (Phi) is 4.48. The predicted molar refractivity (Wildman–Crippen MR) is 95.7 cm³/mol. The number of aromatic nitrogens is 1. The number of hydrogen-bond acceptors (Lipinski definition) is 4. The van der Waals surface area contributed by atoms with Crippen LogP contribution < -0.4 is 4.48 Å². The number of rotatable bonds is 4. The van der Waals surface area contributed by atoms with Crippen molar-refractivity contribution in [1.29, 1.82) is 5.26 Å². The number of amides is 1. The van der Waals surface area contributed by atoms with Crippen molar-refractivity contribution in [3.05, 3.63) is 77.4 Å². The number of carbonyl (C=O) groups is 1. The van der Waals surface area contributed by atoms with E-state index >= 15 is 0 Å². The minimum atomic E-state index is -0.330. The van der Waals surface area contributed by atoms with Gasteiger partial charge in [0.15, 0.2) is 11.4 Å². The number of halogens is 1. The van der Waals surface area contributed by atoms with Crippen LogP contribution in [0.2, 0.25) is 5.02 Å². The molecule has 0 bridgehead atoms. The van der Waals surface area contributed by atoms with Gasteiger partial charge in [-0.15, -0.1) is 0 Å². The topological polar surface area (TPSA) is 74.0 Å². The van der Waals surface area contributed by atoms with Crippen molar-refractivity contribution in [2.45, 2.75) is 0 Å². The van der Waals surface area contributed by atoms with E-state index in [4.69, 9.17) is 16.9 Å². The molecule has 1 amide bonds. The second-order valence-corrected chi connectivity index (χ2v) is 5.77. The monoisotopic (exact) mass is 350 g/mol. The molecule has 3 aromatic rings. The zero-order valence-corrected chi connectivity index (χ0v) is 13.8. The van der Waals surface area contributed by atoms with E-state index in [0.717, 1.165) is 6.41 Å². The van der Waals surface area contributed by atoms with Crippen LogP contribution in [0.4, 0.5) is 17.2 Å². The average Bonchev–Trinajstić information content (AvgIpc) is 2.66. The first kappa shape index (κ1) is 16.7. The number of nitrogens with zero attached hydrogens (tertiary/aromatic N) is 3. The van der Waals surface area contributed by atoms with E-state index in [9.17, 15) is 9.90 Å². The molecule has 122 valence electrons. The molecule has 0 fully saturated rings. The predicted octanol–water partition coefficient (Wildman–Crippen LogP) is 4.44. The highest BCUT2D eigenvalue weighted by molar-refractivity contribution is 6.30. The van der Waals surface area contributed by atoms with Crippen LogP contribution in [0.3, 0.4) is 0 Å². The quantitative estimate of drug-likeness (QED) is 0.557. The van der Waals surface area contributed by atoms with Gasteiger partial charge in [0.2, 0.25) is 5.82 Å². The van der Waals surface area contributed by atoms with E-state index in [1.807, 2.05) is 0 Å². The average molecular weight is 351 g/mol. The summed E-state index contributed by atoms with van der Waals surface area (Å²) in [5.41, 5.74) is 1.68. The summed E-state index contributed by atoms with van der Waals surface area (Å²) < 4.78 is -0.330. The Morgan fingerprint density at radius 1 is 1.00 bits per heavy atom. The van der Waals surface area contributed by atoms with Gasteiger partial charge in [0.05, 0.1) is 22.9 Å². The summed E-state index contributed by atoms with van der Waals surface area (Å²) >= 11 is 5.93. The fourth-order valence-corrected chi connectivity index (χ4v) is 2.74. The molecule has 0 saturated carbocycles. The molecule has 0 aliphatic carbocycles.